The molecule has 1 amide bonds. The van der Waals surface area contributed by atoms with Crippen molar-refractivity contribution in [1.29, 1.82) is 5.41 Å². The fourth-order valence-corrected chi connectivity index (χ4v) is 7.25. The molecule has 0 spiro atoms. The van der Waals surface area contributed by atoms with Gasteiger partial charge in [0.25, 0.3) is 15.9 Å². The topological polar surface area (TPSA) is 229 Å². The van der Waals surface area contributed by atoms with Gasteiger partial charge in [0.1, 0.15) is 21.6 Å². The summed E-state index contributed by atoms with van der Waals surface area (Å²) >= 11 is 0.971. The van der Waals surface area contributed by atoms with Gasteiger partial charge in [0.15, 0.2) is 5.96 Å². The van der Waals surface area contributed by atoms with Gasteiger partial charge < -0.3 is 36.6 Å². The number of nitrogens with two attached hydrogens (primary N) is 1. The number of guanidine groups is 1. The first kappa shape index (κ1) is 34.2. The van der Waals surface area contributed by atoms with E-state index in [1.807, 2.05) is 30.3 Å². The molecule has 3 heterocycles. The number of sulfonamides is 1. The molecule has 0 saturated carbocycles. The van der Waals surface area contributed by atoms with E-state index >= 15 is 0 Å². The van der Waals surface area contributed by atoms with Crippen molar-refractivity contribution in [3.8, 4) is 22.8 Å². The van der Waals surface area contributed by atoms with E-state index in [0.717, 1.165) is 33.6 Å². The number of carboxylic acids is 1. The lowest BCUT2D eigenvalue weighted by Crippen LogP contribution is -2.41. The maximum absolute atomic E-state index is 13.9. The highest BCUT2D eigenvalue weighted by Gasteiger charge is 2.29. The Kier molecular flexibility index (Phi) is 10.8. The molecule has 4 aromatic rings. The Balaban J connectivity index is 1.32. The fraction of sp³-hybridized carbons (Fsp3) is 0.250. The smallest absolute Gasteiger partial charge is 0.326 e. The minimum atomic E-state index is -4.26. The number of aliphatic carboxylic acids is 1. The molecular formula is C32H35N7O7S2. The molecule has 1 atom stereocenters. The number of benzene rings is 2. The van der Waals surface area contributed by atoms with Crippen LogP contribution in [0.25, 0.3) is 11.1 Å². The third-order valence-electron chi connectivity index (χ3n) is 7.47. The third kappa shape index (κ3) is 8.58. The summed E-state index contributed by atoms with van der Waals surface area (Å²) in [5.74, 6) is -2.02. The Bertz CT molecular complexity index is 1910. The summed E-state index contributed by atoms with van der Waals surface area (Å²) in [6.45, 7) is 1.66. The summed E-state index contributed by atoms with van der Waals surface area (Å²) in [7, 11) is -4.26. The Morgan fingerprint density at radius 2 is 1.90 bits per heavy atom. The predicted molar refractivity (Wildman–Crippen MR) is 181 cm³/mol. The van der Waals surface area contributed by atoms with Crippen LogP contribution in [0.2, 0.25) is 0 Å². The van der Waals surface area contributed by atoms with Crippen molar-refractivity contribution < 1.29 is 33.0 Å². The van der Waals surface area contributed by atoms with Gasteiger partial charge in [-0.1, -0.05) is 24.3 Å². The molecule has 9 N–H and O–H groups in total. The number of aromatic nitrogens is 1. The van der Waals surface area contributed by atoms with Crippen molar-refractivity contribution in [2.24, 2.45) is 5.73 Å². The Morgan fingerprint density at radius 3 is 2.65 bits per heavy atom. The van der Waals surface area contributed by atoms with Crippen LogP contribution >= 0.6 is 11.3 Å². The average molecular weight is 694 g/mol. The van der Waals surface area contributed by atoms with E-state index in [1.165, 1.54) is 17.5 Å². The number of rotatable bonds is 15. The van der Waals surface area contributed by atoms with Crippen molar-refractivity contribution in [2.75, 3.05) is 17.9 Å². The zero-order valence-electron chi connectivity index (χ0n) is 25.7. The number of anilines is 1. The molecule has 1 aliphatic rings. The Labute approximate surface area is 280 Å². The molecule has 0 radical (unpaired) electrons. The van der Waals surface area contributed by atoms with Gasteiger partial charge in [-0.05, 0) is 70.3 Å². The largest absolute Gasteiger partial charge is 0.493 e. The molecule has 0 saturated heterocycles. The summed E-state index contributed by atoms with van der Waals surface area (Å²) in [6.07, 6.45) is 2.51. The van der Waals surface area contributed by atoms with Crippen molar-refractivity contribution in [2.45, 2.75) is 43.3 Å². The number of aromatic hydroxyl groups is 1. The van der Waals surface area contributed by atoms with Crippen LogP contribution in [0.3, 0.4) is 0 Å². The molecule has 1 aliphatic heterocycles. The molecule has 0 bridgehead atoms. The average Bonchev–Trinajstić information content (AvgIpc) is 3.72. The zero-order chi connectivity index (χ0) is 34.3. The molecule has 5 rings (SSSR count). The van der Waals surface area contributed by atoms with E-state index in [0.29, 0.717) is 38.1 Å². The number of hydrogen-bond donors (Lipinski definition) is 8. The van der Waals surface area contributed by atoms with Crippen LogP contribution in [0.15, 0.2) is 71.1 Å². The highest BCUT2D eigenvalue weighted by molar-refractivity contribution is 7.92. The number of ether oxygens (including phenoxy) is 1. The van der Waals surface area contributed by atoms with Crippen LogP contribution in [-0.4, -0.2) is 60.6 Å². The van der Waals surface area contributed by atoms with Crippen molar-refractivity contribution in [3.05, 3.63) is 87.7 Å². The summed E-state index contributed by atoms with van der Waals surface area (Å²) in [5.41, 5.74) is 9.37. The lowest BCUT2D eigenvalue weighted by Gasteiger charge is -2.16. The normalized spacial score (nSPS) is 12.8. The van der Waals surface area contributed by atoms with Crippen LogP contribution in [0.1, 0.15) is 39.2 Å². The van der Waals surface area contributed by atoms with Gasteiger partial charge in [-0.3, -0.25) is 14.9 Å². The van der Waals surface area contributed by atoms with Gasteiger partial charge >= 0.3 is 5.97 Å². The van der Waals surface area contributed by atoms with Gasteiger partial charge in [0.2, 0.25) is 5.88 Å². The number of pyridine rings is 1. The second-order valence-electron chi connectivity index (χ2n) is 11.0. The molecule has 2 aromatic carbocycles. The number of carbonyl (C=O) groups is 2. The number of amides is 1. The number of thiophene rings is 1. The van der Waals surface area contributed by atoms with Crippen LogP contribution in [0.4, 0.5) is 5.69 Å². The van der Waals surface area contributed by atoms with Crippen LogP contribution in [-0.2, 0) is 34.3 Å². The maximum atomic E-state index is 13.9. The zero-order valence-corrected chi connectivity index (χ0v) is 27.3. The molecule has 0 unspecified atom stereocenters. The number of fused-ring (bicyclic) bond motifs is 1. The van der Waals surface area contributed by atoms with Crippen LogP contribution in [0.5, 0.6) is 11.6 Å². The van der Waals surface area contributed by atoms with Crippen LogP contribution < -0.4 is 31.1 Å². The SMILES string of the molecule is N=C(N)NCCC[C@H](NC(=O)c1sccc1NS(=O)(=O)c1cc(-c2cccc(CNCc3ccc(O)nc3)c2)cc2c1OCC2)C(=O)O. The van der Waals surface area contributed by atoms with Gasteiger partial charge in [-0.15, -0.1) is 11.3 Å². The van der Waals surface area contributed by atoms with Crippen molar-refractivity contribution in [3.63, 3.8) is 0 Å². The quantitative estimate of drug-likeness (QED) is 0.0513. The molecule has 48 heavy (non-hydrogen) atoms. The number of carboxylic acid groups (broad SMARTS) is 1. The van der Waals surface area contributed by atoms with Crippen molar-refractivity contribution >= 4 is 44.9 Å². The number of nitrogens with zero attached hydrogens (tertiary/aromatic N) is 1. The lowest BCUT2D eigenvalue weighted by molar-refractivity contribution is -0.139. The molecule has 2 aromatic heterocycles. The van der Waals surface area contributed by atoms with Gasteiger partial charge in [0.05, 0.1) is 12.3 Å². The summed E-state index contributed by atoms with van der Waals surface area (Å²) in [5, 5.41) is 36.1. The first-order chi connectivity index (χ1) is 23.0. The molecule has 0 fully saturated rings. The van der Waals surface area contributed by atoms with E-state index in [1.54, 1.807) is 18.3 Å². The third-order valence-corrected chi connectivity index (χ3v) is 9.76. The highest BCUT2D eigenvalue weighted by Crippen LogP contribution is 2.39. The maximum Gasteiger partial charge on any atom is 0.326 e. The van der Waals surface area contributed by atoms with E-state index in [-0.39, 0.29) is 46.0 Å². The van der Waals surface area contributed by atoms with E-state index in [9.17, 15) is 28.2 Å². The lowest BCUT2D eigenvalue weighted by atomic mass is 10.00. The number of hydrogen-bond acceptors (Lipinski definition) is 10. The van der Waals surface area contributed by atoms with Gasteiger partial charge in [-0.25, -0.2) is 18.2 Å². The molecule has 0 aliphatic carbocycles. The molecule has 252 valence electrons. The molecule has 14 nitrogen and oxygen atoms in total. The molecule has 16 heteroatoms. The standard InChI is InChI=1S/C32H35N7O7S2/c33-32(34)36-10-2-5-25(31(42)43)38-30(41)29-24(9-12-47-29)39-48(44,45)26-15-23(14-22-8-11-46-28(22)26)21-4-1-3-19(13-21)16-35-17-20-6-7-27(40)37-18-20/h1,3-4,6-7,9,12-15,18,25,35,39H,2,5,8,10-11,16-17H2,(H,37,40)(H,38,41)(H,42,43)(H4,33,34,36)/t25-/m0/s1. The van der Waals surface area contributed by atoms with E-state index in [4.69, 9.17) is 15.9 Å². The Hall–Kier alpha value is -5.19. The number of carbonyl (C=O) groups excluding carboxylic acids is 1. The second-order valence-corrected chi connectivity index (χ2v) is 13.6. The second kappa shape index (κ2) is 15.1. The van der Waals surface area contributed by atoms with Crippen LogP contribution in [0, 0.1) is 5.41 Å². The van der Waals surface area contributed by atoms with Gasteiger partial charge in [-0.2, -0.15) is 0 Å². The first-order valence-electron chi connectivity index (χ1n) is 15.0. The predicted octanol–water partition coefficient (Wildman–Crippen LogP) is 2.99. The minimum absolute atomic E-state index is 0.00342. The highest BCUT2D eigenvalue weighted by atomic mass is 32.2. The van der Waals surface area contributed by atoms with Gasteiger partial charge in [0, 0.05) is 38.3 Å². The summed E-state index contributed by atoms with van der Waals surface area (Å²) < 4.78 is 36.0. The van der Waals surface area contributed by atoms with E-state index in [2.05, 4.69) is 25.7 Å². The summed E-state index contributed by atoms with van der Waals surface area (Å²) in [6, 6.07) is 14.7. The number of nitrogens with one attached hydrogen (secondary N) is 5. The fourth-order valence-electron chi connectivity index (χ4n) is 5.15. The minimum Gasteiger partial charge on any atom is -0.493 e. The van der Waals surface area contributed by atoms with Crippen molar-refractivity contribution in [1.82, 2.24) is 20.9 Å². The monoisotopic (exact) mass is 693 g/mol. The summed E-state index contributed by atoms with van der Waals surface area (Å²) in [4.78, 5) is 28.7. The Morgan fingerprint density at radius 1 is 1.08 bits per heavy atom. The first-order valence-corrected chi connectivity index (χ1v) is 17.3. The molecular weight excluding hydrogens is 659 g/mol. The van der Waals surface area contributed by atoms with E-state index < -0.39 is 27.9 Å².